The van der Waals surface area contributed by atoms with Crippen LogP contribution in [0, 0.1) is 6.92 Å². The molecule has 2 rings (SSSR count). The Bertz CT molecular complexity index is 406. The fourth-order valence-electron chi connectivity index (χ4n) is 1.21. The van der Waals surface area contributed by atoms with Crippen molar-refractivity contribution in [2.24, 2.45) is 7.05 Å². The second-order valence-corrected chi connectivity index (χ2v) is 2.95. The number of hydrogen-bond donors (Lipinski definition) is 2. The summed E-state index contributed by atoms with van der Waals surface area (Å²) in [5.74, 6) is 0.636. The molecule has 5 heteroatoms. The normalized spacial score (nSPS) is 10.6. The standard InChI is InChI=1S/C8H11N5/c1-5-8(11-4-10-5)6-3-7(9)13(2)12-6/h3-4H,9H2,1-2H3,(H,10,11). The Hall–Kier alpha value is -1.78. The highest BCUT2D eigenvalue weighted by atomic mass is 15.3. The summed E-state index contributed by atoms with van der Waals surface area (Å²) in [5, 5.41) is 4.22. The average Bonchev–Trinajstić information content (AvgIpc) is 2.60. The van der Waals surface area contributed by atoms with Crippen LogP contribution in [0.25, 0.3) is 11.4 Å². The van der Waals surface area contributed by atoms with Gasteiger partial charge in [-0.1, -0.05) is 0 Å². The van der Waals surface area contributed by atoms with Gasteiger partial charge < -0.3 is 10.7 Å². The van der Waals surface area contributed by atoms with Crippen molar-refractivity contribution in [3.05, 3.63) is 18.1 Å². The Morgan fingerprint density at radius 2 is 2.31 bits per heavy atom. The molecule has 0 amide bonds. The molecule has 0 radical (unpaired) electrons. The number of imidazole rings is 1. The molecule has 0 unspecified atom stereocenters. The van der Waals surface area contributed by atoms with Crippen LogP contribution in [0.5, 0.6) is 0 Å². The molecule has 2 aromatic heterocycles. The molecule has 68 valence electrons. The summed E-state index contributed by atoms with van der Waals surface area (Å²) in [4.78, 5) is 7.15. The van der Waals surface area contributed by atoms with Gasteiger partial charge in [-0.15, -0.1) is 0 Å². The smallest absolute Gasteiger partial charge is 0.122 e. The van der Waals surface area contributed by atoms with Gasteiger partial charge in [0.25, 0.3) is 0 Å². The number of anilines is 1. The van der Waals surface area contributed by atoms with E-state index in [1.807, 2.05) is 13.0 Å². The van der Waals surface area contributed by atoms with E-state index in [1.54, 1.807) is 18.1 Å². The molecule has 0 aliphatic heterocycles. The second-order valence-electron chi connectivity index (χ2n) is 2.95. The van der Waals surface area contributed by atoms with Crippen LogP contribution in [-0.4, -0.2) is 19.7 Å². The van der Waals surface area contributed by atoms with Crippen molar-refractivity contribution in [1.82, 2.24) is 19.7 Å². The second kappa shape index (κ2) is 2.62. The zero-order valence-electron chi connectivity index (χ0n) is 7.57. The predicted molar refractivity (Wildman–Crippen MR) is 49.9 cm³/mol. The van der Waals surface area contributed by atoms with Gasteiger partial charge in [-0.3, -0.25) is 4.68 Å². The number of rotatable bonds is 1. The van der Waals surface area contributed by atoms with E-state index in [2.05, 4.69) is 15.1 Å². The topological polar surface area (TPSA) is 72.5 Å². The van der Waals surface area contributed by atoms with Crippen LogP contribution < -0.4 is 5.73 Å². The lowest BCUT2D eigenvalue weighted by molar-refractivity contribution is 0.781. The minimum atomic E-state index is 0.636. The number of nitrogens with zero attached hydrogens (tertiary/aromatic N) is 3. The van der Waals surface area contributed by atoms with Gasteiger partial charge in [0.05, 0.1) is 6.33 Å². The number of nitrogens with one attached hydrogen (secondary N) is 1. The molecule has 2 heterocycles. The van der Waals surface area contributed by atoms with Crippen molar-refractivity contribution in [2.75, 3.05) is 5.73 Å². The van der Waals surface area contributed by atoms with E-state index in [1.165, 1.54) is 0 Å². The highest BCUT2D eigenvalue weighted by Gasteiger charge is 2.08. The summed E-state index contributed by atoms with van der Waals surface area (Å²) in [6.45, 7) is 1.95. The van der Waals surface area contributed by atoms with Crippen molar-refractivity contribution in [2.45, 2.75) is 6.92 Å². The maximum absolute atomic E-state index is 5.66. The summed E-state index contributed by atoms with van der Waals surface area (Å²) in [6, 6.07) is 1.81. The molecule has 0 saturated heterocycles. The first-order valence-electron chi connectivity index (χ1n) is 3.98. The van der Waals surface area contributed by atoms with Crippen molar-refractivity contribution in [1.29, 1.82) is 0 Å². The van der Waals surface area contributed by atoms with Crippen molar-refractivity contribution >= 4 is 5.82 Å². The van der Waals surface area contributed by atoms with Crippen LogP contribution >= 0.6 is 0 Å². The molecule has 0 bridgehead atoms. The molecule has 5 nitrogen and oxygen atoms in total. The first kappa shape index (κ1) is 7.85. The molecular formula is C8H11N5. The molecule has 0 fully saturated rings. The van der Waals surface area contributed by atoms with Gasteiger partial charge in [-0.25, -0.2) is 4.98 Å². The van der Waals surface area contributed by atoms with Crippen molar-refractivity contribution in [3.8, 4) is 11.4 Å². The summed E-state index contributed by atoms with van der Waals surface area (Å²) >= 11 is 0. The zero-order chi connectivity index (χ0) is 9.42. The molecule has 2 aromatic rings. The number of hydrogen-bond acceptors (Lipinski definition) is 3. The van der Waals surface area contributed by atoms with Gasteiger partial charge in [0.2, 0.25) is 0 Å². The van der Waals surface area contributed by atoms with Crippen LogP contribution in [0.1, 0.15) is 5.69 Å². The van der Waals surface area contributed by atoms with Crippen LogP contribution in [0.15, 0.2) is 12.4 Å². The van der Waals surface area contributed by atoms with E-state index < -0.39 is 0 Å². The van der Waals surface area contributed by atoms with E-state index in [0.29, 0.717) is 5.82 Å². The van der Waals surface area contributed by atoms with Crippen LogP contribution in [0.2, 0.25) is 0 Å². The highest BCUT2D eigenvalue weighted by Crippen LogP contribution is 2.19. The lowest BCUT2D eigenvalue weighted by Gasteiger charge is -1.91. The van der Waals surface area contributed by atoms with Crippen LogP contribution in [0.3, 0.4) is 0 Å². The van der Waals surface area contributed by atoms with Gasteiger partial charge in [0.1, 0.15) is 17.2 Å². The highest BCUT2D eigenvalue weighted by molar-refractivity contribution is 5.60. The number of aryl methyl sites for hydroxylation is 2. The van der Waals surface area contributed by atoms with Gasteiger partial charge in [0, 0.05) is 18.8 Å². The predicted octanol–water partition coefficient (Wildman–Crippen LogP) is 0.701. The van der Waals surface area contributed by atoms with E-state index in [-0.39, 0.29) is 0 Å². The Labute approximate surface area is 75.6 Å². The lowest BCUT2D eigenvalue weighted by Crippen LogP contribution is -1.96. The summed E-state index contributed by atoms with van der Waals surface area (Å²) in [7, 11) is 1.81. The summed E-state index contributed by atoms with van der Waals surface area (Å²) in [6.07, 6.45) is 1.65. The zero-order valence-corrected chi connectivity index (χ0v) is 7.57. The molecule has 0 spiro atoms. The van der Waals surface area contributed by atoms with Crippen molar-refractivity contribution in [3.63, 3.8) is 0 Å². The number of aromatic nitrogens is 4. The Balaban J connectivity index is 2.53. The monoisotopic (exact) mass is 177 g/mol. The quantitative estimate of drug-likeness (QED) is 0.673. The van der Waals surface area contributed by atoms with Gasteiger partial charge >= 0.3 is 0 Å². The summed E-state index contributed by atoms with van der Waals surface area (Å²) in [5.41, 5.74) is 8.32. The number of nitrogens with two attached hydrogens (primary N) is 1. The lowest BCUT2D eigenvalue weighted by atomic mass is 10.2. The van der Waals surface area contributed by atoms with Gasteiger partial charge in [-0.05, 0) is 6.92 Å². The number of H-pyrrole nitrogens is 1. The molecule has 3 N–H and O–H groups in total. The van der Waals surface area contributed by atoms with E-state index >= 15 is 0 Å². The Morgan fingerprint density at radius 3 is 2.77 bits per heavy atom. The first-order chi connectivity index (χ1) is 6.18. The fraction of sp³-hybridized carbons (Fsp3) is 0.250. The first-order valence-corrected chi connectivity index (χ1v) is 3.98. The minimum absolute atomic E-state index is 0.636. The fourth-order valence-corrected chi connectivity index (χ4v) is 1.21. The van der Waals surface area contributed by atoms with E-state index in [0.717, 1.165) is 17.1 Å². The largest absolute Gasteiger partial charge is 0.384 e. The van der Waals surface area contributed by atoms with Gasteiger partial charge in [0.15, 0.2) is 0 Å². The third-order valence-electron chi connectivity index (χ3n) is 1.99. The molecular weight excluding hydrogens is 166 g/mol. The Morgan fingerprint density at radius 1 is 1.54 bits per heavy atom. The van der Waals surface area contributed by atoms with E-state index in [9.17, 15) is 0 Å². The number of nitrogen functional groups attached to an aromatic ring is 1. The third-order valence-corrected chi connectivity index (χ3v) is 1.99. The maximum Gasteiger partial charge on any atom is 0.122 e. The molecule has 0 aromatic carbocycles. The molecule has 0 aliphatic carbocycles. The minimum Gasteiger partial charge on any atom is -0.384 e. The maximum atomic E-state index is 5.66. The van der Waals surface area contributed by atoms with Crippen molar-refractivity contribution < 1.29 is 0 Å². The molecule has 0 saturated carbocycles. The molecule has 0 aliphatic rings. The average molecular weight is 177 g/mol. The van der Waals surface area contributed by atoms with Crippen LogP contribution in [-0.2, 0) is 7.05 Å². The molecule has 0 atom stereocenters. The van der Waals surface area contributed by atoms with Crippen LogP contribution in [0.4, 0.5) is 5.82 Å². The summed E-state index contributed by atoms with van der Waals surface area (Å²) < 4.78 is 1.63. The SMILES string of the molecule is Cc1[nH]cnc1-c1cc(N)n(C)n1. The van der Waals surface area contributed by atoms with Gasteiger partial charge in [-0.2, -0.15) is 5.10 Å². The third kappa shape index (κ3) is 1.18. The number of aromatic amines is 1. The van der Waals surface area contributed by atoms with E-state index in [4.69, 9.17) is 5.73 Å². The molecule has 13 heavy (non-hydrogen) atoms. The Kier molecular flexibility index (Phi) is 1.58.